The molecule has 118 valence electrons. The summed E-state index contributed by atoms with van der Waals surface area (Å²) >= 11 is 0. The molecule has 0 spiro atoms. The maximum atomic E-state index is 5.31. The van der Waals surface area contributed by atoms with Gasteiger partial charge in [0.25, 0.3) is 0 Å². The van der Waals surface area contributed by atoms with Gasteiger partial charge in [-0.1, -0.05) is 32.9 Å². The van der Waals surface area contributed by atoms with Crippen molar-refractivity contribution < 1.29 is 4.74 Å². The first-order chi connectivity index (χ1) is 9.90. The summed E-state index contributed by atoms with van der Waals surface area (Å²) in [5.74, 6) is 0.952. The van der Waals surface area contributed by atoms with Crippen LogP contribution in [0.5, 0.6) is 5.75 Å². The molecule has 3 nitrogen and oxygen atoms in total. The summed E-state index contributed by atoms with van der Waals surface area (Å²) in [7, 11) is 1.73. The molecule has 3 heteroatoms. The monoisotopic (exact) mass is 290 g/mol. The first-order valence-electron chi connectivity index (χ1n) is 8.00. The van der Waals surface area contributed by atoms with Gasteiger partial charge < -0.3 is 10.1 Å². The van der Waals surface area contributed by atoms with Crippen LogP contribution >= 0.6 is 0 Å². The van der Waals surface area contributed by atoms with Gasteiger partial charge in [-0.25, -0.2) is 0 Å². The topological polar surface area (TPSA) is 24.5 Å². The molecule has 2 rings (SSSR count). The quantitative estimate of drug-likeness (QED) is 0.922. The number of methoxy groups -OCH3 is 1. The van der Waals surface area contributed by atoms with Crippen LogP contribution in [0.25, 0.3) is 0 Å². The zero-order chi connectivity index (χ0) is 15.5. The zero-order valence-electron chi connectivity index (χ0n) is 14.1. The Labute approximate surface area is 129 Å². The highest BCUT2D eigenvalue weighted by molar-refractivity contribution is 5.28. The van der Waals surface area contributed by atoms with Crippen LogP contribution < -0.4 is 10.1 Å². The number of piperazine rings is 1. The van der Waals surface area contributed by atoms with E-state index in [0.29, 0.717) is 17.5 Å². The number of hydrogen-bond donors (Lipinski definition) is 1. The van der Waals surface area contributed by atoms with Crippen molar-refractivity contribution in [1.82, 2.24) is 10.2 Å². The molecule has 1 N–H and O–H groups in total. The summed E-state index contributed by atoms with van der Waals surface area (Å²) in [4.78, 5) is 2.62. The zero-order valence-corrected chi connectivity index (χ0v) is 14.1. The van der Waals surface area contributed by atoms with Gasteiger partial charge in [-0.15, -0.1) is 0 Å². The molecule has 1 aliphatic rings. The summed E-state index contributed by atoms with van der Waals surface area (Å²) in [5.41, 5.74) is 1.67. The van der Waals surface area contributed by atoms with Crippen molar-refractivity contribution >= 4 is 0 Å². The van der Waals surface area contributed by atoms with Gasteiger partial charge in [0.1, 0.15) is 5.75 Å². The standard InChI is InChI=1S/C18H30N2O/c1-14-12-19-17(18(2,3)4)13-20(14)10-9-15-7-6-8-16(11-15)21-5/h6-8,11,14,17,19H,9-10,12-13H2,1-5H3. The van der Waals surface area contributed by atoms with E-state index in [9.17, 15) is 0 Å². The third kappa shape index (κ3) is 4.45. The molecule has 2 unspecified atom stereocenters. The van der Waals surface area contributed by atoms with Crippen molar-refractivity contribution in [3.05, 3.63) is 29.8 Å². The summed E-state index contributed by atoms with van der Waals surface area (Å²) in [6.45, 7) is 12.6. The van der Waals surface area contributed by atoms with Gasteiger partial charge in [0.15, 0.2) is 0 Å². The normalized spacial score (nSPS) is 24.0. The highest BCUT2D eigenvalue weighted by Crippen LogP contribution is 2.23. The Morgan fingerprint density at radius 1 is 1.33 bits per heavy atom. The molecule has 1 aromatic rings. The van der Waals surface area contributed by atoms with Crippen molar-refractivity contribution in [3.8, 4) is 5.75 Å². The second-order valence-electron chi connectivity index (χ2n) is 7.27. The van der Waals surface area contributed by atoms with Crippen molar-refractivity contribution in [3.63, 3.8) is 0 Å². The van der Waals surface area contributed by atoms with E-state index in [1.54, 1.807) is 7.11 Å². The van der Waals surface area contributed by atoms with Crippen molar-refractivity contribution in [1.29, 1.82) is 0 Å². The van der Waals surface area contributed by atoms with Crippen LogP contribution in [0.4, 0.5) is 0 Å². The first kappa shape index (κ1) is 16.3. The molecule has 0 aromatic heterocycles. The van der Waals surface area contributed by atoms with Gasteiger partial charge in [-0.2, -0.15) is 0 Å². The summed E-state index contributed by atoms with van der Waals surface area (Å²) in [6, 6.07) is 9.60. The highest BCUT2D eigenvalue weighted by atomic mass is 16.5. The Morgan fingerprint density at radius 2 is 2.10 bits per heavy atom. The molecule has 1 aromatic carbocycles. The lowest BCUT2D eigenvalue weighted by atomic mass is 9.84. The SMILES string of the molecule is COc1cccc(CCN2CC(C(C)(C)C)NCC2C)c1. The lowest BCUT2D eigenvalue weighted by molar-refractivity contribution is 0.0948. The predicted molar refractivity (Wildman–Crippen MR) is 89.0 cm³/mol. The lowest BCUT2D eigenvalue weighted by Gasteiger charge is -2.44. The van der Waals surface area contributed by atoms with Gasteiger partial charge in [0, 0.05) is 31.7 Å². The summed E-state index contributed by atoms with van der Waals surface area (Å²) < 4.78 is 5.31. The van der Waals surface area contributed by atoms with E-state index in [2.05, 4.69) is 56.1 Å². The number of benzene rings is 1. The van der Waals surface area contributed by atoms with E-state index in [0.717, 1.165) is 31.8 Å². The molecule has 0 radical (unpaired) electrons. The van der Waals surface area contributed by atoms with Crippen molar-refractivity contribution in [2.75, 3.05) is 26.7 Å². The van der Waals surface area contributed by atoms with E-state index in [-0.39, 0.29) is 0 Å². The van der Waals surface area contributed by atoms with E-state index in [1.807, 2.05) is 6.07 Å². The molecular weight excluding hydrogens is 260 g/mol. The fourth-order valence-corrected chi connectivity index (χ4v) is 2.91. The van der Waals surface area contributed by atoms with Gasteiger partial charge in [-0.05, 0) is 36.5 Å². The maximum Gasteiger partial charge on any atom is 0.119 e. The smallest absolute Gasteiger partial charge is 0.119 e. The minimum absolute atomic E-state index is 0.314. The molecule has 0 amide bonds. The van der Waals surface area contributed by atoms with Gasteiger partial charge in [0.05, 0.1) is 7.11 Å². The maximum absolute atomic E-state index is 5.31. The van der Waals surface area contributed by atoms with E-state index >= 15 is 0 Å². The van der Waals surface area contributed by atoms with Crippen LogP contribution in [-0.4, -0.2) is 43.7 Å². The fourth-order valence-electron chi connectivity index (χ4n) is 2.91. The molecule has 0 saturated carbocycles. The second-order valence-corrected chi connectivity index (χ2v) is 7.27. The Kier molecular flexibility index (Phi) is 5.28. The third-order valence-electron chi connectivity index (χ3n) is 4.57. The first-order valence-corrected chi connectivity index (χ1v) is 8.00. The average Bonchev–Trinajstić information content (AvgIpc) is 2.45. The molecule has 1 heterocycles. The van der Waals surface area contributed by atoms with Crippen LogP contribution in [-0.2, 0) is 6.42 Å². The number of nitrogens with zero attached hydrogens (tertiary/aromatic N) is 1. The molecule has 0 bridgehead atoms. The van der Waals surface area contributed by atoms with Crippen LogP contribution in [0.1, 0.15) is 33.3 Å². The third-order valence-corrected chi connectivity index (χ3v) is 4.57. The van der Waals surface area contributed by atoms with Crippen LogP contribution in [0.3, 0.4) is 0 Å². The summed E-state index contributed by atoms with van der Waals surface area (Å²) in [6.07, 6.45) is 1.08. The van der Waals surface area contributed by atoms with Gasteiger partial charge in [-0.3, -0.25) is 4.90 Å². The second kappa shape index (κ2) is 6.80. The minimum atomic E-state index is 0.314. The van der Waals surface area contributed by atoms with Crippen LogP contribution in [0.2, 0.25) is 0 Å². The van der Waals surface area contributed by atoms with Gasteiger partial charge in [0.2, 0.25) is 0 Å². The van der Waals surface area contributed by atoms with Gasteiger partial charge >= 0.3 is 0 Å². The number of nitrogens with one attached hydrogen (secondary N) is 1. The fraction of sp³-hybridized carbons (Fsp3) is 0.667. The predicted octanol–water partition coefficient (Wildman–Crippen LogP) is 2.95. The Bertz CT molecular complexity index is 453. The van der Waals surface area contributed by atoms with Crippen molar-refractivity contribution in [2.45, 2.75) is 46.2 Å². The summed E-state index contributed by atoms with van der Waals surface area (Å²) in [5, 5.41) is 3.69. The molecule has 2 atom stereocenters. The largest absolute Gasteiger partial charge is 0.497 e. The molecule has 0 aliphatic carbocycles. The number of rotatable bonds is 4. The Balaban J connectivity index is 1.94. The molecule has 21 heavy (non-hydrogen) atoms. The van der Waals surface area contributed by atoms with Crippen LogP contribution in [0, 0.1) is 5.41 Å². The average molecular weight is 290 g/mol. The van der Waals surface area contributed by atoms with E-state index < -0.39 is 0 Å². The Morgan fingerprint density at radius 3 is 2.76 bits per heavy atom. The Hall–Kier alpha value is -1.06. The molecule has 1 aliphatic heterocycles. The minimum Gasteiger partial charge on any atom is -0.497 e. The molecule has 1 saturated heterocycles. The van der Waals surface area contributed by atoms with E-state index in [4.69, 9.17) is 4.74 Å². The lowest BCUT2D eigenvalue weighted by Crippen LogP contribution is -2.59. The highest BCUT2D eigenvalue weighted by Gasteiger charge is 2.31. The molecule has 1 fully saturated rings. The number of ether oxygens (including phenoxy) is 1. The number of hydrogen-bond acceptors (Lipinski definition) is 3. The molecular formula is C18H30N2O. The van der Waals surface area contributed by atoms with Crippen LogP contribution in [0.15, 0.2) is 24.3 Å². The van der Waals surface area contributed by atoms with Crippen molar-refractivity contribution in [2.24, 2.45) is 5.41 Å². The van der Waals surface area contributed by atoms with E-state index in [1.165, 1.54) is 5.56 Å².